The van der Waals surface area contributed by atoms with Crippen LogP contribution in [0, 0.1) is 18.3 Å². The maximum absolute atomic E-state index is 8.78. The molecule has 80 valence electrons. The van der Waals surface area contributed by atoms with Crippen LogP contribution in [0.15, 0.2) is 4.42 Å². The number of hydrogen-bond donors (Lipinski definition) is 1. The minimum Gasteiger partial charge on any atom is -0.424 e. The van der Waals surface area contributed by atoms with Gasteiger partial charge in [0.05, 0.1) is 6.10 Å². The van der Waals surface area contributed by atoms with E-state index in [0.29, 0.717) is 24.0 Å². The highest BCUT2D eigenvalue weighted by Gasteiger charge is 2.17. The molecule has 0 radical (unpaired) electrons. The summed E-state index contributed by atoms with van der Waals surface area (Å²) in [5, 5.41) is 11.8. The predicted molar refractivity (Wildman–Crippen MR) is 53.4 cm³/mol. The van der Waals surface area contributed by atoms with Crippen molar-refractivity contribution in [3.63, 3.8) is 0 Å². The fourth-order valence-corrected chi connectivity index (χ4v) is 1.63. The van der Waals surface area contributed by atoms with Crippen LogP contribution >= 0.6 is 0 Å². The van der Waals surface area contributed by atoms with Crippen molar-refractivity contribution in [3.8, 4) is 6.07 Å². The SMILES string of the molecule is Cc1nc(C#N)c(NCC2CCCO2)o1. The number of anilines is 1. The van der Waals surface area contributed by atoms with E-state index in [1.807, 2.05) is 6.07 Å². The zero-order valence-electron chi connectivity index (χ0n) is 8.62. The molecule has 1 N–H and O–H groups in total. The molecule has 1 unspecified atom stereocenters. The molecule has 15 heavy (non-hydrogen) atoms. The van der Waals surface area contributed by atoms with Crippen molar-refractivity contribution < 1.29 is 9.15 Å². The molecular formula is C10H13N3O2. The number of ether oxygens (including phenoxy) is 1. The lowest BCUT2D eigenvalue weighted by atomic mass is 10.2. The van der Waals surface area contributed by atoms with E-state index in [4.69, 9.17) is 14.4 Å². The molecule has 0 bridgehead atoms. The van der Waals surface area contributed by atoms with Crippen molar-refractivity contribution in [2.24, 2.45) is 0 Å². The van der Waals surface area contributed by atoms with Gasteiger partial charge in [-0.05, 0) is 12.8 Å². The van der Waals surface area contributed by atoms with E-state index in [9.17, 15) is 0 Å². The summed E-state index contributed by atoms with van der Waals surface area (Å²) in [6.07, 6.45) is 2.39. The third kappa shape index (κ3) is 2.28. The topological polar surface area (TPSA) is 71.1 Å². The summed E-state index contributed by atoms with van der Waals surface area (Å²) in [5.74, 6) is 0.951. The van der Waals surface area contributed by atoms with Crippen LogP contribution in [0.25, 0.3) is 0 Å². The van der Waals surface area contributed by atoms with Gasteiger partial charge >= 0.3 is 0 Å². The van der Waals surface area contributed by atoms with Gasteiger partial charge < -0.3 is 14.5 Å². The molecule has 1 aliphatic heterocycles. The molecule has 5 heteroatoms. The maximum atomic E-state index is 8.78. The van der Waals surface area contributed by atoms with Crippen molar-refractivity contribution in [2.75, 3.05) is 18.5 Å². The number of nitrogens with zero attached hydrogens (tertiary/aromatic N) is 2. The van der Waals surface area contributed by atoms with Crippen LogP contribution in [-0.4, -0.2) is 24.2 Å². The quantitative estimate of drug-likeness (QED) is 0.812. The summed E-state index contributed by atoms with van der Waals surface area (Å²) in [4.78, 5) is 3.94. The van der Waals surface area contributed by atoms with Crippen LogP contribution in [-0.2, 0) is 4.74 Å². The van der Waals surface area contributed by atoms with Gasteiger partial charge in [-0.25, -0.2) is 4.98 Å². The largest absolute Gasteiger partial charge is 0.424 e. The Labute approximate surface area is 88.1 Å². The highest BCUT2D eigenvalue weighted by atomic mass is 16.5. The summed E-state index contributed by atoms with van der Waals surface area (Å²) in [6.45, 7) is 3.22. The van der Waals surface area contributed by atoms with E-state index >= 15 is 0 Å². The minimum atomic E-state index is 0.224. The summed E-state index contributed by atoms with van der Waals surface area (Å²) in [5.41, 5.74) is 0.311. The first kappa shape index (κ1) is 9.99. The first-order valence-corrected chi connectivity index (χ1v) is 5.02. The zero-order valence-corrected chi connectivity index (χ0v) is 8.62. The molecule has 1 saturated heterocycles. The highest BCUT2D eigenvalue weighted by Crippen LogP contribution is 2.18. The van der Waals surface area contributed by atoms with Crippen LogP contribution in [0.3, 0.4) is 0 Å². The van der Waals surface area contributed by atoms with Crippen LogP contribution in [0.1, 0.15) is 24.4 Å². The molecule has 1 atom stereocenters. The van der Waals surface area contributed by atoms with Crippen LogP contribution < -0.4 is 5.32 Å². The Kier molecular flexibility index (Phi) is 2.88. The molecule has 0 saturated carbocycles. The Morgan fingerprint density at radius 3 is 3.20 bits per heavy atom. The summed E-state index contributed by atoms with van der Waals surface area (Å²) < 4.78 is 10.7. The Morgan fingerprint density at radius 2 is 2.53 bits per heavy atom. The average molecular weight is 207 g/mol. The molecule has 2 heterocycles. The number of nitrogens with one attached hydrogen (secondary N) is 1. The fraction of sp³-hybridized carbons (Fsp3) is 0.600. The lowest BCUT2D eigenvalue weighted by Gasteiger charge is -2.09. The molecule has 0 amide bonds. The Morgan fingerprint density at radius 1 is 1.67 bits per heavy atom. The third-order valence-corrected chi connectivity index (χ3v) is 2.35. The standard InChI is InChI=1S/C10H13N3O2/c1-7-13-9(5-11)10(15-7)12-6-8-3-2-4-14-8/h8,12H,2-4,6H2,1H3. The fourth-order valence-electron chi connectivity index (χ4n) is 1.63. The Hall–Kier alpha value is -1.54. The average Bonchev–Trinajstić information content (AvgIpc) is 2.83. The molecule has 1 aliphatic rings. The van der Waals surface area contributed by atoms with E-state index in [1.165, 1.54) is 0 Å². The van der Waals surface area contributed by atoms with Crippen molar-refractivity contribution >= 4 is 5.88 Å². The summed E-state index contributed by atoms with van der Waals surface area (Å²) >= 11 is 0. The van der Waals surface area contributed by atoms with Crippen molar-refractivity contribution in [3.05, 3.63) is 11.6 Å². The van der Waals surface area contributed by atoms with Gasteiger partial charge in [0.1, 0.15) is 6.07 Å². The van der Waals surface area contributed by atoms with Crippen molar-refractivity contribution in [1.29, 1.82) is 5.26 Å². The number of hydrogen-bond acceptors (Lipinski definition) is 5. The van der Waals surface area contributed by atoms with Gasteiger partial charge in [-0.1, -0.05) is 0 Å². The Bertz CT molecular complexity index is 375. The molecule has 2 rings (SSSR count). The predicted octanol–water partition coefficient (Wildman–Crippen LogP) is 1.45. The van der Waals surface area contributed by atoms with Crippen LogP contribution in [0.2, 0.25) is 0 Å². The second-order valence-corrected chi connectivity index (χ2v) is 3.54. The summed E-state index contributed by atoms with van der Waals surface area (Å²) in [7, 11) is 0. The van der Waals surface area contributed by atoms with Crippen LogP contribution in [0.5, 0.6) is 0 Å². The van der Waals surface area contributed by atoms with E-state index < -0.39 is 0 Å². The second-order valence-electron chi connectivity index (χ2n) is 3.54. The minimum absolute atomic E-state index is 0.224. The molecule has 1 aromatic heterocycles. The van der Waals surface area contributed by atoms with E-state index in [2.05, 4.69) is 10.3 Å². The maximum Gasteiger partial charge on any atom is 0.232 e. The van der Waals surface area contributed by atoms with Gasteiger partial charge in [-0.3, -0.25) is 0 Å². The molecule has 0 aromatic carbocycles. The number of nitriles is 1. The number of oxazole rings is 1. The molecule has 0 aliphatic carbocycles. The zero-order chi connectivity index (χ0) is 10.7. The normalized spacial score (nSPS) is 20.1. The van der Waals surface area contributed by atoms with Crippen molar-refractivity contribution in [1.82, 2.24) is 4.98 Å². The van der Waals surface area contributed by atoms with Gasteiger partial charge in [0, 0.05) is 20.1 Å². The number of aromatic nitrogens is 1. The first-order chi connectivity index (χ1) is 7.29. The molecule has 0 spiro atoms. The van der Waals surface area contributed by atoms with Gasteiger partial charge in [-0.15, -0.1) is 0 Å². The first-order valence-electron chi connectivity index (χ1n) is 5.02. The molecular weight excluding hydrogens is 194 g/mol. The second kappa shape index (κ2) is 4.32. The molecule has 1 fully saturated rings. The monoisotopic (exact) mass is 207 g/mol. The van der Waals surface area contributed by atoms with Gasteiger partial charge in [0.15, 0.2) is 5.89 Å². The van der Waals surface area contributed by atoms with Gasteiger partial charge in [-0.2, -0.15) is 5.26 Å². The summed E-state index contributed by atoms with van der Waals surface area (Å²) in [6, 6.07) is 1.98. The lowest BCUT2D eigenvalue weighted by molar-refractivity contribution is 0.120. The van der Waals surface area contributed by atoms with E-state index in [-0.39, 0.29) is 6.10 Å². The third-order valence-electron chi connectivity index (χ3n) is 2.35. The van der Waals surface area contributed by atoms with Gasteiger partial charge in [0.25, 0.3) is 0 Å². The van der Waals surface area contributed by atoms with E-state index in [1.54, 1.807) is 6.92 Å². The molecule has 5 nitrogen and oxygen atoms in total. The van der Waals surface area contributed by atoms with E-state index in [0.717, 1.165) is 19.4 Å². The molecule has 1 aromatic rings. The van der Waals surface area contributed by atoms with Crippen molar-refractivity contribution in [2.45, 2.75) is 25.9 Å². The lowest BCUT2D eigenvalue weighted by Crippen LogP contribution is -2.18. The van der Waals surface area contributed by atoms with Crippen LogP contribution in [0.4, 0.5) is 5.88 Å². The Balaban J connectivity index is 1.95. The highest BCUT2D eigenvalue weighted by molar-refractivity contribution is 5.45. The number of rotatable bonds is 3. The number of aryl methyl sites for hydroxylation is 1. The smallest absolute Gasteiger partial charge is 0.232 e. The van der Waals surface area contributed by atoms with Gasteiger partial charge in [0.2, 0.25) is 11.6 Å².